The summed E-state index contributed by atoms with van der Waals surface area (Å²) in [5.74, 6) is 0.170. The van der Waals surface area contributed by atoms with Crippen molar-refractivity contribution in [3.63, 3.8) is 0 Å². The highest BCUT2D eigenvalue weighted by Crippen LogP contribution is 2.31. The van der Waals surface area contributed by atoms with Crippen LogP contribution in [0.5, 0.6) is 5.75 Å². The third-order valence-electron chi connectivity index (χ3n) is 4.38. The van der Waals surface area contributed by atoms with Crippen LogP contribution in [0.1, 0.15) is 21.5 Å². The van der Waals surface area contributed by atoms with Gasteiger partial charge in [0.15, 0.2) is 0 Å². The number of esters is 1. The maximum absolute atomic E-state index is 12.5. The van der Waals surface area contributed by atoms with Crippen molar-refractivity contribution in [3.05, 3.63) is 77.4 Å². The molecular weight excluding hydrogens is 300 g/mol. The predicted molar refractivity (Wildman–Crippen MR) is 94.6 cm³/mol. The molecule has 0 amide bonds. The van der Waals surface area contributed by atoms with Crippen LogP contribution < -0.4 is 4.74 Å². The third kappa shape index (κ3) is 2.35. The lowest BCUT2D eigenvalue weighted by atomic mass is 10.0. The number of carbonyl (C=O) groups excluding carboxylic acids is 1. The largest absolute Gasteiger partial charge is 0.456 e. The lowest BCUT2D eigenvalue weighted by molar-refractivity contribution is 0.0734. The molecule has 0 fully saturated rings. The zero-order chi connectivity index (χ0) is 16.7. The Morgan fingerprint density at radius 3 is 2.54 bits per heavy atom. The van der Waals surface area contributed by atoms with Crippen LogP contribution in [0, 0.1) is 13.8 Å². The highest BCUT2D eigenvalue weighted by Gasteiger charge is 2.14. The fraction of sp³-hybridized carbons (Fsp3) is 0.0952. The Labute approximate surface area is 139 Å². The summed E-state index contributed by atoms with van der Waals surface area (Å²) in [6, 6.07) is 18.9. The van der Waals surface area contributed by atoms with Crippen LogP contribution in [0.4, 0.5) is 0 Å². The number of ether oxygens (including phenoxy) is 1. The highest BCUT2D eigenvalue weighted by atomic mass is 16.5. The van der Waals surface area contributed by atoms with Gasteiger partial charge in [0.05, 0.1) is 5.56 Å². The first-order valence-electron chi connectivity index (χ1n) is 7.83. The van der Waals surface area contributed by atoms with Gasteiger partial charge >= 0.3 is 5.97 Å². The van der Waals surface area contributed by atoms with Gasteiger partial charge in [-0.1, -0.05) is 30.3 Å². The Hall–Kier alpha value is -3.07. The highest BCUT2D eigenvalue weighted by molar-refractivity contribution is 6.05. The van der Waals surface area contributed by atoms with Gasteiger partial charge in [0.1, 0.15) is 16.9 Å². The van der Waals surface area contributed by atoms with Crippen molar-refractivity contribution in [1.29, 1.82) is 0 Å². The molecule has 0 saturated heterocycles. The van der Waals surface area contributed by atoms with E-state index in [1.165, 1.54) is 0 Å². The average molecular weight is 316 g/mol. The minimum Gasteiger partial charge on any atom is -0.456 e. The molecule has 0 aliphatic carbocycles. The zero-order valence-corrected chi connectivity index (χ0v) is 13.5. The van der Waals surface area contributed by atoms with Gasteiger partial charge in [-0.2, -0.15) is 0 Å². The summed E-state index contributed by atoms with van der Waals surface area (Å²) < 4.78 is 11.4. The quantitative estimate of drug-likeness (QED) is 0.366. The smallest absolute Gasteiger partial charge is 0.343 e. The summed E-state index contributed by atoms with van der Waals surface area (Å²) in [7, 11) is 0. The van der Waals surface area contributed by atoms with E-state index in [9.17, 15) is 4.79 Å². The molecule has 0 N–H and O–H groups in total. The summed E-state index contributed by atoms with van der Waals surface area (Å²) in [6.45, 7) is 3.91. The number of fused-ring (bicyclic) bond motifs is 3. The molecule has 0 bridgehead atoms. The molecule has 0 aliphatic rings. The van der Waals surface area contributed by atoms with Gasteiger partial charge in [-0.15, -0.1) is 0 Å². The summed E-state index contributed by atoms with van der Waals surface area (Å²) in [5.41, 5.74) is 4.21. The molecule has 4 rings (SSSR count). The zero-order valence-electron chi connectivity index (χ0n) is 13.5. The molecule has 1 aromatic heterocycles. The van der Waals surface area contributed by atoms with E-state index in [0.29, 0.717) is 11.3 Å². The molecule has 0 saturated carbocycles. The molecule has 0 unspecified atom stereocenters. The van der Waals surface area contributed by atoms with E-state index < -0.39 is 0 Å². The Balaban J connectivity index is 1.73. The van der Waals surface area contributed by atoms with Crippen molar-refractivity contribution in [2.45, 2.75) is 13.8 Å². The van der Waals surface area contributed by atoms with Crippen LogP contribution in [0.3, 0.4) is 0 Å². The molecule has 3 aromatic carbocycles. The number of hydrogen-bond donors (Lipinski definition) is 0. The SMILES string of the molecule is Cc1cccc(C(=O)Oc2ccc3oc4ccccc4c3c2)c1C. The average Bonchev–Trinajstić information content (AvgIpc) is 2.95. The fourth-order valence-electron chi connectivity index (χ4n) is 2.90. The Morgan fingerprint density at radius 1 is 0.875 bits per heavy atom. The second kappa shape index (κ2) is 5.53. The van der Waals surface area contributed by atoms with Crippen molar-refractivity contribution in [2.75, 3.05) is 0 Å². The Bertz CT molecular complexity index is 1070. The number of aryl methyl sites for hydroxylation is 1. The van der Waals surface area contributed by atoms with E-state index in [4.69, 9.17) is 9.15 Å². The van der Waals surface area contributed by atoms with Gasteiger partial charge in [0.2, 0.25) is 0 Å². The Morgan fingerprint density at radius 2 is 1.67 bits per heavy atom. The van der Waals surface area contributed by atoms with Gasteiger partial charge in [-0.05, 0) is 55.3 Å². The van der Waals surface area contributed by atoms with Crippen molar-refractivity contribution < 1.29 is 13.9 Å². The van der Waals surface area contributed by atoms with Gasteiger partial charge in [0.25, 0.3) is 0 Å². The molecule has 4 aromatic rings. The monoisotopic (exact) mass is 316 g/mol. The van der Waals surface area contributed by atoms with Crippen molar-refractivity contribution in [1.82, 2.24) is 0 Å². The minimum absolute atomic E-state index is 0.344. The van der Waals surface area contributed by atoms with Crippen molar-refractivity contribution in [3.8, 4) is 5.75 Å². The van der Waals surface area contributed by atoms with Crippen LogP contribution in [0.2, 0.25) is 0 Å². The van der Waals surface area contributed by atoms with E-state index in [1.807, 2.05) is 62.4 Å². The molecule has 3 heteroatoms. The number of benzene rings is 3. The standard InChI is InChI=1S/C21H16O3/c1-13-6-5-8-16(14(13)2)21(22)23-15-10-11-20-18(12-15)17-7-3-4-9-19(17)24-20/h3-12H,1-2H3. The fourth-order valence-corrected chi connectivity index (χ4v) is 2.90. The lowest BCUT2D eigenvalue weighted by Gasteiger charge is -2.08. The summed E-state index contributed by atoms with van der Waals surface area (Å²) in [5, 5.41) is 1.95. The molecule has 3 nitrogen and oxygen atoms in total. The maximum Gasteiger partial charge on any atom is 0.343 e. The van der Waals surface area contributed by atoms with Crippen molar-refractivity contribution in [2.24, 2.45) is 0 Å². The number of hydrogen-bond acceptors (Lipinski definition) is 3. The van der Waals surface area contributed by atoms with Crippen LogP contribution in [-0.4, -0.2) is 5.97 Å². The molecule has 24 heavy (non-hydrogen) atoms. The molecule has 118 valence electrons. The number of rotatable bonds is 2. The van der Waals surface area contributed by atoms with E-state index in [2.05, 4.69) is 0 Å². The van der Waals surface area contributed by atoms with Crippen LogP contribution in [0.25, 0.3) is 21.9 Å². The number of furan rings is 1. The third-order valence-corrected chi connectivity index (χ3v) is 4.38. The summed E-state index contributed by atoms with van der Waals surface area (Å²) in [4.78, 5) is 12.5. The number of para-hydroxylation sites is 1. The molecule has 0 atom stereocenters. The first-order valence-corrected chi connectivity index (χ1v) is 7.83. The van der Waals surface area contributed by atoms with E-state index in [1.54, 1.807) is 12.1 Å². The van der Waals surface area contributed by atoms with Crippen molar-refractivity contribution >= 4 is 27.9 Å². The summed E-state index contributed by atoms with van der Waals surface area (Å²) >= 11 is 0. The van der Waals surface area contributed by atoms with Crippen LogP contribution in [0.15, 0.2) is 65.1 Å². The van der Waals surface area contributed by atoms with Crippen LogP contribution >= 0.6 is 0 Å². The number of carbonyl (C=O) groups is 1. The van der Waals surface area contributed by atoms with Gasteiger partial charge in [-0.3, -0.25) is 0 Å². The maximum atomic E-state index is 12.5. The topological polar surface area (TPSA) is 39.4 Å². The van der Waals surface area contributed by atoms with E-state index in [0.717, 1.165) is 33.1 Å². The normalized spacial score (nSPS) is 11.1. The predicted octanol–water partition coefficient (Wildman–Crippen LogP) is 5.42. The lowest BCUT2D eigenvalue weighted by Crippen LogP contribution is -2.10. The molecular formula is C21H16O3. The second-order valence-electron chi connectivity index (χ2n) is 5.89. The summed E-state index contributed by atoms with van der Waals surface area (Å²) in [6.07, 6.45) is 0. The van der Waals surface area contributed by atoms with Crippen LogP contribution in [-0.2, 0) is 0 Å². The first-order chi connectivity index (χ1) is 11.6. The van der Waals surface area contributed by atoms with E-state index in [-0.39, 0.29) is 5.97 Å². The van der Waals surface area contributed by atoms with Gasteiger partial charge < -0.3 is 9.15 Å². The van der Waals surface area contributed by atoms with Gasteiger partial charge in [-0.25, -0.2) is 4.79 Å². The second-order valence-corrected chi connectivity index (χ2v) is 5.89. The molecule has 0 spiro atoms. The van der Waals surface area contributed by atoms with Gasteiger partial charge in [0, 0.05) is 10.8 Å². The molecule has 1 heterocycles. The first kappa shape index (κ1) is 14.5. The minimum atomic E-state index is -0.344. The molecule has 0 aliphatic heterocycles. The van der Waals surface area contributed by atoms with E-state index >= 15 is 0 Å². The molecule has 0 radical (unpaired) electrons. The Kier molecular flexibility index (Phi) is 3.35.